The van der Waals surface area contributed by atoms with E-state index < -0.39 is 11.5 Å². The third kappa shape index (κ3) is 6.53. The van der Waals surface area contributed by atoms with Gasteiger partial charge in [-0.3, -0.25) is 14.5 Å². The molecular formula is C36H47FIN5O2. The number of piperidine rings is 2. The van der Waals surface area contributed by atoms with Crippen LogP contribution in [0.2, 0.25) is 0 Å². The zero-order valence-electron chi connectivity index (χ0n) is 27.1. The Hall–Kier alpha value is -2.53. The van der Waals surface area contributed by atoms with Crippen LogP contribution in [0.3, 0.4) is 0 Å². The van der Waals surface area contributed by atoms with Crippen LogP contribution in [0, 0.1) is 18.2 Å². The first kappa shape index (κ1) is 32.4. The molecule has 3 aliphatic heterocycles. The molecule has 2 amide bonds. The molecule has 3 fully saturated rings. The Bertz CT molecular complexity index is 1530. The summed E-state index contributed by atoms with van der Waals surface area (Å²) in [7, 11) is 0. The number of likely N-dealkylation sites (tertiary alicyclic amines) is 1. The second-order valence-electron chi connectivity index (χ2n) is 14.6. The molecule has 3 aromatic rings. The first-order valence-electron chi connectivity index (χ1n) is 16.6. The maximum atomic E-state index is 14.6. The number of aryl methyl sites for hydroxylation is 1. The van der Waals surface area contributed by atoms with Crippen LogP contribution < -0.4 is 5.32 Å². The van der Waals surface area contributed by atoms with Gasteiger partial charge in [-0.25, -0.2) is 9.37 Å². The van der Waals surface area contributed by atoms with E-state index >= 15 is 0 Å². The van der Waals surface area contributed by atoms with Gasteiger partial charge in [0.05, 0.1) is 15.5 Å². The zero-order valence-corrected chi connectivity index (χ0v) is 29.2. The van der Waals surface area contributed by atoms with Gasteiger partial charge >= 0.3 is 0 Å². The Morgan fingerprint density at radius 3 is 2.38 bits per heavy atom. The van der Waals surface area contributed by atoms with Crippen molar-refractivity contribution in [3.8, 4) is 0 Å². The SMILES string of the molecule is Cc1nc2ccccc2n1C1C[C@H]2CC[C@@H](C1)N2CCC1(c2cccc(F)c2)CCN(C(=O)[C@@H](NC(=O)CI)C(C)(C)C)CC1. The van der Waals surface area contributed by atoms with E-state index in [-0.39, 0.29) is 23.0 Å². The molecule has 1 N–H and O–H groups in total. The van der Waals surface area contributed by atoms with Gasteiger partial charge in [-0.05, 0) is 99.1 Å². The Labute approximate surface area is 280 Å². The maximum Gasteiger partial charge on any atom is 0.245 e. The van der Waals surface area contributed by atoms with Crippen LogP contribution in [-0.4, -0.2) is 73.4 Å². The number of nitrogens with one attached hydrogen (secondary N) is 1. The van der Waals surface area contributed by atoms with Gasteiger partial charge in [-0.1, -0.05) is 67.6 Å². The highest BCUT2D eigenvalue weighted by atomic mass is 127. The number of hydrogen-bond donors (Lipinski definition) is 1. The fraction of sp³-hybridized carbons (Fsp3) is 0.583. The van der Waals surface area contributed by atoms with Gasteiger partial charge in [0.2, 0.25) is 11.8 Å². The van der Waals surface area contributed by atoms with Crippen molar-refractivity contribution in [2.45, 2.75) is 102 Å². The van der Waals surface area contributed by atoms with Crippen molar-refractivity contribution >= 4 is 45.4 Å². The highest BCUT2D eigenvalue weighted by Gasteiger charge is 2.45. The molecule has 1 aromatic heterocycles. The van der Waals surface area contributed by atoms with Crippen LogP contribution in [0.15, 0.2) is 48.5 Å². The number of imidazole rings is 1. The number of benzene rings is 2. The fourth-order valence-corrected chi connectivity index (χ4v) is 8.70. The first-order chi connectivity index (χ1) is 21.5. The lowest BCUT2D eigenvalue weighted by Crippen LogP contribution is -2.57. The highest BCUT2D eigenvalue weighted by Crippen LogP contribution is 2.45. The van der Waals surface area contributed by atoms with Crippen molar-refractivity contribution < 1.29 is 14.0 Å². The van der Waals surface area contributed by atoms with E-state index in [4.69, 9.17) is 4.98 Å². The van der Waals surface area contributed by atoms with Crippen LogP contribution >= 0.6 is 22.6 Å². The maximum absolute atomic E-state index is 14.6. The van der Waals surface area contributed by atoms with Crippen molar-refractivity contribution in [2.24, 2.45) is 5.41 Å². The number of para-hydroxylation sites is 2. The molecule has 9 heteroatoms. The van der Waals surface area contributed by atoms with Gasteiger partial charge in [-0.2, -0.15) is 0 Å². The summed E-state index contributed by atoms with van der Waals surface area (Å²) in [4.78, 5) is 35.6. The molecule has 6 rings (SSSR count). The Balaban J connectivity index is 1.17. The lowest BCUT2D eigenvalue weighted by molar-refractivity contribution is -0.140. The number of carbonyl (C=O) groups excluding carboxylic acids is 2. The number of rotatable bonds is 8. The molecule has 1 unspecified atom stereocenters. The van der Waals surface area contributed by atoms with Crippen LogP contribution in [-0.2, 0) is 15.0 Å². The van der Waals surface area contributed by atoms with Crippen molar-refractivity contribution in [3.63, 3.8) is 0 Å². The number of hydrogen-bond acceptors (Lipinski definition) is 4. The van der Waals surface area contributed by atoms with Crippen molar-refractivity contribution in [1.29, 1.82) is 0 Å². The molecule has 242 valence electrons. The number of carbonyl (C=O) groups is 2. The lowest BCUT2D eigenvalue weighted by atomic mass is 9.70. The van der Waals surface area contributed by atoms with E-state index in [1.165, 1.54) is 24.4 Å². The molecule has 2 aromatic carbocycles. The van der Waals surface area contributed by atoms with Crippen LogP contribution in [0.4, 0.5) is 4.39 Å². The topological polar surface area (TPSA) is 70.5 Å². The van der Waals surface area contributed by atoms with E-state index in [1.807, 2.05) is 54.3 Å². The summed E-state index contributed by atoms with van der Waals surface area (Å²) in [5.74, 6) is 0.757. The molecule has 0 spiro atoms. The van der Waals surface area contributed by atoms with E-state index in [0.717, 1.165) is 55.6 Å². The van der Waals surface area contributed by atoms with Gasteiger partial charge in [0.1, 0.15) is 17.7 Å². The van der Waals surface area contributed by atoms with E-state index in [2.05, 4.69) is 52.0 Å². The van der Waals surface area contributed by atoms with Crippen molar-refractivity contribution in [1.82, 2.24) is 24.7 Å². The summed E-state index contributed by atoms with van der Waals surface area (Å²) in [5, 5.41) is 2.98. The van der Waals surface area contributed by atoms with E-state index in [9.17, 15) is 14.0 Å². The fourth-order valence-electron chi connectivity index (χ4n) is 8.48. The summed E-state index contributed by atoms with van der Waals surface area (Å²) in [6, 6.07) is 16.6. The third-order valence-electron chi connectivity index (χ3n) is 10.9. The normalized spacial score (nSPS) is 24.1. The molecule has 0 aliphatic carbocycles. The zero-order chi connectivity index (χ0) is 31.9. The largest absolute Gasteiger partial charge is 0.343 e. The summed E-state index contributed by atoms with van der Waals surface area (Å²) in [6.45, 7) is 10.3. The molecule has 0 radical (unpaired) electrons. The van der Waals surface area contributed by atoms with Crippen molar-refractivity contribution in [3.05, 3.63) is 65.7 Å². The summed E-state index contributed by atoms with van der Waals surface area (Å²) in [6.07, 6.45) is 7.21. The number of fused-ring (bicyclic) bond motifs is 3. The summed E-state index contributed by atoms with van der Waals surface area (Å²) < 4.78 is 17.4. The molecule has 4 heterocycles. The van der Waals surface area contributed by atoms with Crippen LogP contribution in [0.1, 0.15) is 83.1 Å². The Morgan fingerprint density at radius 2 is 1.73 bits per heavy atom. The second-order valence-corrected chi connectivity index (χ2v) is 15.4. The molecule has 3 saturated heterocycles. The average molecular weight is 728 g/mol. The van der Waals surface area contributed by atoms with Gasteiger partial charge in [0.25, 0.3) is 0 Å². The summed E-state index contributed by atoms with van der Waals surface area (Å²) >= 11 is 2.03. The minimum Gasteiger partial charge on any atom is -0.343 e. The Morgan fingerprint density at radius 1 is 1.04 bits per heavy atom. The Kier molecular flexibility index (Phi) is 9.32. The molecule has 45 heavy (non-hydrogen) atoms. The number of nitrogens with zero attached hydrogens (tertiary/aromatic N) is 4. The predicted octanol–water partition coefficient (Wildman–Crippen LogP) is 6.57. The number of alkyl halides is 1. The standard InChI is InChI=1S/C36H47FIN5O2/c1-24-39-30-10-5-6-11-31(30)43(24)29-21-27-12-13-28(22-29)42(27)19-16-36(25-8-7-9-26(37)20-25)14-17-41(18-15-36)34(45)33(35(2,3)4)40-32(44)23-38/h5-11,20,27-29,33H,12-19,21-23H2,1-4H3,(H,40,44)/t27-,28+,29?,33-/m1/s1. The summed E-state index contributed by atoms with van der Waals surface area (Å²) in [5.41, 5.74) is 2.76. The van der Waals surface area contributed by atoms with Gasteiger partial charge < -0.3 is 14.8 Å². The van der Waals surface area contributed by atoms with Gasteiger partial charge in [0.15, 0.2) is 0 Å². The van der Waals surface area contributed by atoms with Gasteiger partial charge in [0, 0.05) is 31.2 Å². The predicted molar refractivity (Wildman–Crippen MR) is 185 cm³/mol. The van der Waals surface area contributed by atoms with E-state index in [0.29, 0.717) is 35.6 Å². The average Bonchev–Trinajstić information content (AvgIpc) is 3.48. The first-order valence-corrected chi connectivity index (χ1v) is 18.1. The minimum absolute atomic E-state index is 0.0176. The lowest BCUT2D eigenvalue weighted by Gasteiger charge is -2.46. The van der Waals surface area contributed by atoms with E-state index in [1.54, 1.807) is 6.07 Å². The number of amides is 2. The molecule has 3 aliphatic rings. The minimum atomic E-state index is -0.574. The van der Waals surface area contributed by atoms with Crippen LogP contribution in [0.5, 0.6) is 0 Å². The number of halogens is 2. The molecule has 0 saturated carbocycles. The highest BCUT2D eigenvalue weighted by molar-refractivity contribution is 14.1. The van der Waals surface area contributed by atoms with Gasteiger partial charge in [-0.15, -0.1) is 0 Å². The number of aromatic nitrogens is 2. The quantitative estimate of drug-likeness (QED) is 0.211. The van der Waals surface area contributed by atoms with Crippen LogP contribution in [0.25, 0.3) is 11.0 Å². The third-order valence-corrected chi connectivity index (χ3v) is 11.5. The smallest absolute Gasteiger partial charge is 0.245 e. The monoisotopic (exact) mass is 727 g/mol. The van der Waals surface area contributed by atoms with Crippen molar-refractivity contribution in [2.75, 3.05) is 24.1 Å². The molecule has 4 atom stereocenters. The molecule has 2 bridgehead atoms. The second kappa shape index (κ2) is 12.9. The molecule has 7 nitrogen and oxygen atoms in total. The molecular weight excluding hydrogens is 680 g/mol.